The number of ether oxygens (including phenoxy) is 2. The van der Waals surface area contributed by atoms with Crippen LogP contribution in [-0.4, -0.2) is 53.6 Å². The standard InChI is InChI=1S/C17H24FNO4/c1-16(2,3)23-15(20)19-8-9-22-12-17(21,11-19)10-13-6-4-5-7-14(13)18/h4-7,21H,8-12H2,1-3H3. The number of rotatable bonds is 2. The van der Waals surface area contributed by atoms with Gasteiger partial charge in [-0.25, -0.2) is 9.18 Å². The Labute approximate surface area is 136 Å². The van der Waals surface area contributed by atoms with Crippen LogP contribution in [0.2, 0.25) is 0 Å². The van der Waals surface area contributed by atoms with E-state index in [-0.39, 0.29) is 25.4 Å². The first-order valence-corrected chi connectivity index (χ1v) is 7.70. The Kier molecular flexibility index (Phi) is 5.26. The summed E-state index contributed by atoms with van der Waals surface area (Å²) in [5, 5.41) is 10.8. The second kappa shape index (κ2) is 6.84. The molecule has 5 nitrogen and oxygen atoms in total. The number of aliphatic hydroxyl groups is 1. The molecule has 1 aromatic carbocycles. The lowest BCUT2D eigenvalue weighted by atomic mass is 9.94. The average molecular weight is 325 g/mol. The van der Waals surface area contributed by atoms with Gasteiger partial charge in [-0.15, -0.1) is 0 Å². The number of hydrogen-bond acceptors (Lipinski definition) is 4. The number of carbonyl (C=O) groups excluding carboxylic acids is 1. The Bertz CT molecular complexity index is 558. The van der Waals surface area contributed by atoms with Gasteiger partial charge in [0.05, 0.1) is 19.8 Å². The third kappa shape index (κ3) is 5.18. The highest BCUT2D eigenvalue weighted by atomic mass is 19.1. The van der Waals surface area contributed by atoms with Crippen molar-refractivity contribution in [3.63, 3.8) is 0 Å². The molecule has 1 aliphatic heterocycles. The molecule has 1 heterocycles. The van der Waals surface area contributed by atoms with E-state index in [2.05, 4.69) is 0 Å². The van der Waals surface area contributed by atoms with Crippen molar-refractivity contribution in [3.8, 4) is 0 Å². The highest BCUT2D eigenvalue weighted by Crippen LogP contribution is 2.21. The molecule has 0 aromatic heterocycles. The zero-order valence-electron chi connectivity index (χ0n) is 13.8. The zero-order chi connectivity index (χ0) is 17.1. The van der Waals surface area contributed by atoms with Crippen LogP contribution in [0.4, 0.5) is 9.18 Å². The van der Waals surface area contributed by atoms with Crippen LogP contribution in [0.3, 0.4) is 0 Å². The lowest BCUT2D eigenvalue weighted by Crippen LogP contribution is -2.49. The van der Waals surface area contributed by atoms with Crippen molar-refractivity contribution < 1.29 is 23.8 Å². The quantitative estimate of drug-likeness (QED) is 0.907. The minimum absolute atomic E-state index is 0.0379. The Morgan fingerprint density at radius 1 is 1.43 bits per heavy atom. The maximum atomic E-state index is 13.8. The minimum atomic E-state index is -1.35. The molecule has 1 amide bonds. The maximum Gasteiger partial charge on any atom is 0.410 e. The Morgan fingerprint density at radius 3 is 2.78 bits per heavy atom. The fourth-order valence-corrected chi connectivity index (χ4v) is 2.50. The van der Waals surface area contributed by atoms with Crippen LogP contribution < -0.4 is 0 Å². The van der Waals surface area contributed by atoms with E-state index in [9.17, 15) is 14.3 Å². The topological polar surface area (TPSA) is 59.0 Å². The van der Waals surface area contributed by atoms with Gasteiger partial charge in [0.15, 0.2) is 0 Å². The predicted octanol–water partition coefficient (Wildman–Crippen LogP) is 2.37. The van der Waals surface area contributed by atoms with Gasteiger partial charge in [-0.05, 0) is 32.4 Å². The molecular weight excluding hydrogens is 301 g/mol. The number of hydrogen-bond donors (Lipinski definition) is 1. The van der Waals surface area contributed by atoms with Crippen molar-refractivity contribution in [1.82, 2.24) is 4.90 Å². The highest BCUT2D eigenvalue weighted by Gasteiger charge is 2.36. The number of β-amino-alcohol motifs (C(OH)–C–C–N with tert-alkyl or cyclic N) is 1. The first kappa shape index (κ1) is 17.7. The molecule has 2 rings (SSSR count). The molecule has 1 N–H and O–H groups in total. The van der Waals surface area contributed by atoms with Crippen molar-refractivity contribution in [2.45, 2.75) is 38.4 Å². The molecule has 0 spiro atoms. The van der Waals surface area contributed by atoms with Gasteiger partial charge >= 0.3 is 6.09 Å². The van der Waals surface area contributed by atoms with Crippen molar-refractivity contribution >= 4 is 6.09 Å². The van der Waals surface area contributed by atoms with E-state index in [1.807, 2.05) is 0 Å². The summed E-state index contributed by atoms with van der Waals surface area (Å²) in [6.07, 6.45) is -0.436. The Balaban J connectivity index is 2.12. The van der Waals surface area contributed by atoms with Crippen LogP contribution in [0.15, 0.2) is 24.3 Å². The molecule has 1 aliphatic rings. The molecule has 0 aliphatic carbocycles. The van der Waals surface area contributed by atoms with E-state index in [0.29, 0.717) is 18.7 Å². The smallest absolute Gasteiger partial charge is 0.410 e. The molecular formula is C17H24FNO4. The summed E-state index contributed by atoms with van der Waals surface area (Å²) in [6.45, 7) is 6.06. The van der Waals surface area contributed by atoms with E-state index in [0.717, 1.165) is 0 Å². The van der Waals surface area contributed by atoms with E-state index in [4.69, 9.17) is 9.47 Å². The minimum Gasteiger partial charge on any atom is -0.444 e. The third-order valence-electron chi connectivity index (χ3n) is 3.49. The second-order valence-corrected chi connectivity index (χ2v) is 6.95. The van der Waals surface area contributed by atoms with E-state index >= 15 is 0 Å². The lowest BCUT2D eigenvalue weighted by Gasteiger charge is -2.32. The Morgan fingerprint density at radius 2 is 2.13 bits per heavy atom. The van der Waals surface area contributed by atoms with Gasteiger partial charge in [-0.2, -0.15) is 0 Å². The SMILES string of the molecule is CC(C)(C)OC(=O)N1CCOCC(O)(Cc2ccccc2F)C1. The van der Waals surface area contributed by atoms with Crippen LogP contribution in [-0.2, 0) is 15.9 Å². The number of benzene rings is 1. The Hall–Kier alpha value is -1.66. The normalized spacial score (nSPS) is 22.6. The second-order valence-electron chi connectivity index (χ2n) is 6.95. The average Bonchev–Trinajstić information content (AvgIpc) is 2.62. The fourth-order valence-electron chi connectivity index (χ4n) is 2.50. The fraction of sp³-hybridized carbons (Fsp3) is 0.588. The van der Waals surface area contributed by atoms with Gasteiger partial charge < -0.3 is 19.5 Å². The number of nitrogens with zero attached hydrogens (tertiary/aromatic N) is 1. The van der Waals surface area contributed by atoms with Crippen LogP contribution in [0.5, 0.6) is 0 Å². The molecule has 1 aromatic rings. The first-order chi connectivity index (χ1) is 10.7. The summed E-state index contributed by atoms with van der Waals surface area (Å²) in [5.74, 6) is -0.381. The molecule has 0 bridgehead atoms. The predicted molar refractivity (Wildman–Crippen MR) is 83.7 cm³/mol. The monoisotopic (exact) mass is 325 g/mol. The summed E-state index contributed by atoms with van der Waals surface area (Å²) in [5.41, 5.74) is -1.58. The summed E-state index contributed by atoms with van der Waals surface area (Å²) >= 11 is 0. The molecule has 1 fully saturated rings. The summed E-state index contributed by atoms with van der Waals surface area (Å²) in [7, 11) is 0. The van der Waals surface area contributed by atoms with E-state index in [1.54, 1.807) is 39.0 Å². The number of amides is 1. The molecule has 128 valence electrons. The van der Waals surface area contributed by atoms with Crippen LogP contribution >= 0.6 is 0 Å². The molecule has 1 unspecified atom stereocenters. The summed E-state index contributed by atoms with van der Waals surface area (Å²) in [4.78, 5) is 13.7. The third-order valence-corrected chi connectivity index (χ3v) is 3.49. The van der Waals surface area contributed by atoms with Gasteiger partial charge in [0.1, 0.15) is 17.0 Å². The number of carbonyl (C=O) groups is 1. The zero-order valence-corrected chi connectivity index (χ0v) is 13.8. The van der Waals surface area contributed by atoms with Gasteiger partial charge in [-0.1, -0.05) is 18.2 Å². The van der Waals surface area contributed by atoms with Crippen molar-refractivity contribution in [3.05, 3.63) is 35.6 Å². The molecule has 23 heavy (non-hydrogen) atoms. The highest BCUT2D eigenvalue weighted by molar-refractivity contribution is 5.68. The lowest BCUT2D eigenvalue weighted by molar-refractivity contribution is -0.0399. The van der Waals surface area contributed by atoms with Gasteiger partial charge in [0.2, 0.25) is 0 Å². The van der Waals surface area contributed by atoms with Gasteiger partial charge in [0.25, 0.3) is 0 Å². The van der Waals surface area contributed by atoms with Crippen molar-refractivity contribution in [1.29, 1.82) is 0 Å². The van der Waals surface area contributed by atoms with Crippen LogP contribution in [0.1, 0.15) is 26.3 Å². The van der Waals surface area contributed by atoms with Crippen LogP contribution in [0.25, 0.3) is 0 Å². The molecule has 0 saturated carbocycles. The summed E-state index contributed by atoms with van der Waals surface area (Å²) in [6, 6.07) is 6.28. The molecule has 0 radical (unpaired) electrons. The largest absolute Gasteiger partial charge is 0.444 e. The molecule has 1 atom stereocenters. The summed E-state index contributed by atoms with van der Waals surface area (Å²) < 4.78 is 24.6. The molecule has 1 saturated heterocycles. The van der Waals surface area contributed by atoms with Crippen molar-refractivity contribution in [2.75, 3.05) is 26.3 Å². The van der Waals surface area contributed by atoms with Crippen molar-refractivity contribution in [2.24, 2.45) is 0 Å². The van der Waals surface area contributed by atoms with Gasteiger partial charge in [0, 0.05) is 13.0 Å². The number of halogens is 1. The van der Waals surface area contributed by atoms with Gasteiger partial charge in [-0.3, -0.25) is 0 Å². The van der Waals surface area contributed by atoms with E-state index < -0.39 is 17.3 Å². The maximum absolute atomic E-state index is 13.8. The van der Waals surface area contributed by atoms with E-state index in [1.165, 1.54) is 11.0 Å². The van der Waals surface area contributed by atoms with Crippen LogP contribution in [0, 0.1) is 5.82 Å². The first-order valence-electron chi connectivity index (χ1n) is 7.70. The molecule has 6 heteroatoms.